The van der Waals surface area contributed by atoms with E-state index in [0.29, 0.717) is 19.6 Å². The number of carbonyl (C=O) groups is 1. The topological polar surface area (TPSA) is 38.8 Å². The van der Waals surface area contributed by atoms with E-state index in [1.54, 1.807) is 0 Å². The van der Waals surface area contributed by atoms with Crippen LogP contribution in [0.4, 0.5) is 0 Å². The first kappa shape index (κ1) is 16.0. The van der Waals surface area contributed by atoms with Gasteiger partial charge in [0.15, 0.2) is 0 Å². The van der Waals surface area contributed by atoms with Crippen LogP contribution in [0.25, 0.3) is 0 Å². The number of ether oxygens (including phenoxy) is 2. The normalized spacial score (nSPS) is 17.3. The smallest absolute Gasteiger partial charge is 0.323 e. The van der Waals surface area contributed by atoms with Gasteiger partial charge in [-0.15, -0.1) is 12.4 Å². The number of carbonyl (C=O) groups excluding carboxylic acids is 1. The highest BCUT2D eigenvalue weighted by atomic mass is 35.5. The zero-order chi connectivity index (χ0) is 12.8. The average Bonchev–Trinajstić information content (AvgIpc) is 2.46. The molecule has 1 aromatic carbocycles. The molecule has 4 nitrogen and oxygen atoms in total. The molecule has 0 N–H and O–H groups in total. The third-order valence-corrected chi connectivity index (χ3v) is 3.23. The molecule has 1 aromatic rings. The summed E-state index contributed by atoms with van der Waals surface area (Å²) in [5.41, 5.74) is 1.15. The highest BCUT2D eigenvalue weighted by Gasteiger charge is 2.28. The SMILES string of the molecule is COC(=O)C(Cc1ccccc1)N1CCOCC1.Cl. The van der Waals surface area contributed by atoms with Crippen LogP contribution in [0, 0.1) is 0 Å². The van der Waals surface area contributed by atoms with Gasteiger partial charge in [0, 0.05) is 13.1 Å². The largest absolute Gasteiger partial charge is 0.468 e. The first-order valence-electron chi connectivity index (χ1n) is 6.25. The lowest BCUT2D eigenvalue weighted by Crippen LogP contribution is -2.48. The minimum absolute atomic E-state index is 0. The van der Waals surface area contributed by atoms with Crippen LogP contribution in [0.3, 0.4) is 0 Å². The molecule has 5 heteroatoms. The van der Waals surface area contributed by atoms with Gasteiger partial charge in [-0.2, -0.15) is 0 Å². The van der Waals surface area contributed by atoms with E-state index in [2.05, 4.69) is 4.90 Å². The van der Waals surface area contributed by atoms with E-state index in [9.17, 15) is 4.79 Å². The molecule has 1 unspecified atom stereocenters. The van der Waals surface area contributed by atoms with Crippen LogP contribution in [0.15, 0.2) is 30.3 Å². The Balaban J connectivity index is 0.00000180. The molecule has 1 aliphatic rings. The molecule has 2 rings (SSSR count). The third-order valence-electron chi connectivity index (χ3n) is 3.23. The maximum Gasteiger partial charge on any atom is 0.323 e. The van der Waals surface area contributed by atoms with E-state index < -0.39 is 0 Å². The van der Waals surface area contributed by atoms with Gasteiger partial charge in [-0.25, -0.2) is 0 Å². The second-order valence-electron chi connectivity index (χ2n) is 4.38. The summed E-state index contributed by atoms with van der Waals surface area (Å²) >= 11 is 0. The van der Waals surface area contributed by atoms with Crippen LogP contribution in [-0.4, -0.2) is 50.3 Å². The maximum absolute atomic E-state index is 11.9. The Morgan fingerprint density at radius 1 is 1.32 bits per heavy atom. The fourth-order valence-corrected chi connectivity index (χ4v) is 2.22. The number of nitrogens with zero attached hydrogens (tertiary/aromatic N) is 1. The number of rotatable bonds is 4. The van der Waals surface area contributed by atoms with Crippen molar-refractivity contribution in [2.24, 2.45) is 0 Å². The molecular formula is C14H20ClNO3. The predicted octanol–water partition coefficient (Wildman–Crippen LogP) is 1.52. The van der Waals surface area contributed by atoms with E-state index in [-0.39, 0.29) is 24.4 Å². The number of morpholine rings is 1. The minimum atomic E-state index is -0.207. The van der Waals surface area contributed by atoms with Crippen LogP contribution in [0.1, 0.15) is 5.56 Å². The summed E-state index contributed by atoms with van der Waals surface area (Å²) in [4.78, 5) is 14.1. The summed E-state index contributed by atoms with van der Waals surface area (Å²) < 4.78 is 10.2. The van der Waals surface area contributed by atoms with Gasteiger partial charge in [0.25, 0.3) is 0 Å². The molecule has 0 radical (unpaired) electrons. The first-order chi connectivity index (χ1) is 8.81. The fraction of sp³-hybridized carbons (Fsp3) is 0.500. The van der Waals surface area contributed by atoms with Crippen LogP contribution in [0.2, 0.25) is 0 Å². The van der Waals surface area contributed by atoms with Crippen LogP contribution in [-0.2, 0) is 20.7 Å². The Morgan fingerprint density at radius 3 is 2.53 bits per heavy atom. The van der Waals surface area contributed by atoms with Crippen molar-refractivity contribution in [2.75, 3.05) is 33.4 Å². The van der Waals surface area contributed by atoms with Gasteiger partial charge >= 0.3 is 5.97 Å². The second kappa shape index (κ2) is 8.15. The van der Waals surface area contributed by atoms with Crippen molar-refractivity contribution in [2.45, 2.75) is 12.5 Å². The van der Waals surface area contributed by atoms with E-state index in [4.69, 9.17) is 9.47 Å². The number of esters is 1. The average molecular weight is 286 g/mol. The quantitative estimate of drug-likeness (QED) is 0.787. The zero-order valence-corrected chi connectivity index (χ0v) is 11.9. The number of hydrogen-bond acceptors (Lipinski definition) is 4. The molecule has 0 bridgehead atoms. The Hall–Kier alpha value is -1.10. The molecule has 0 spiro atoms. The van der Waals surface area contributed by atoms with E-state index in [0.717, 1.165) is 18.7 Å². The number of benzene rings is 1. The number of hydrogen-bond donors (Lipinski definition) is 0. The molecule has 0 aromatic heterocycles. The summed E-state index contributed by atoms with van der Waals surface area (Å²) in [5.74, 6) is -0.166. The van der Waals surface area contributed by atoms with Crippen LogP contribution in [0.5, 0.6) is 0 Å². The van der Waals surface area contributed by atoms with Crippen molar-refractivity contribution < 1.29 is 14.3 Å². The van der Waals surface area contributed by atoms with Crippen molar-refractivity contribution in [3.05, 3.63) is 35.9 Å². The van der Waals surface area contributed by atoms with Crippen molar-refractivity contribution in [3.8, 4) is 0 Å². The van der Waals surface area contributed by atoms with Gasteiger partial charge in [-0.3, -0.25) is 9.69 Å². The maximum atomic E-state index is 11.9. The Kier molecular flexibility index (Phi) is 6.84. The van der Waals surface area contributed by atoms with Gasteiger partial charge in [-0.1, -0.05) is 30.3 Å². The van der Waals surface area contributed by atoms with Gasteiger partial charge < -0.3 is 9.47 Å². The van der Waals surface area contributed by atoms with E-state index >= 15 is 0 Å². The summed E-state index contributed by atoms with van der Waals surface area (Å²) in [6.07, 6.45) is 0.688. The lowest BCUT2D eigenvalue weighted by atomic mass is 10.0. The summed E-state index contributed by atoms with van der Waals surface area (Å²) in [5, 5.41) is 0. The van der Waals surface area contributed by atoms with Crippen LogP contribution < -0.4 is 0 Å². The number of methoxy groups -OCH3 is 1. The standard InChI is InChI=1S/C14H19NO3.ClH/c1-17-14(16)13(15-7-9-18-10-8-15)11-12-5-3-2-4-6-12;/h2-6,13H,7-11H2,1H3;1H. The van der Waals surface area contributed by atoms with E-state index in [1.165, 1.54) is 7.11 Å². The highest BCUT2D eigenvalue weighted by Crippen LogP contribution is 2.12. The highest BCUT2D eigenvalue weighted by molar-refractivity contribution is 5.85. The molecule has 19 heavy (non-hydrogen) atoms. The van der Waals surface area contributed by atoms with Crippen molar-refractivity contribution >= 4 is 18.4 Å². The van der Waals surface area contributed by atoms with Gasteiger partial charge in [0.1, 0.15) is 6.04 Å². The Labute approximate surface area is 120 Å². The van der Waals surface area contributed by atoms with Gasteiger partial charge in [0.2, 0.25) is 0 Å². The molecule has 1 fully saturated rings. The molecule has 0 amide bonds. The molecule has 0 aliphatic carbocycles. The number of halogens is 1. The zero-order valence-electron chi connectivity index (χ0n) is 11.1. The summed E-state index contributed by atoms with van der Waals surface area (Å²) in [7, 11) is 1.45. The second-order valence-corrected chi connectivity index (χ2v) is 4.38. The van der Waals surface area contributed by atoms with Gasteiger partial charge in [0.05, 0.1) is 20.3 Å². The molecule has 0 saturated carbocycles. The van der Waals surface area contributed by atoms with E-state index in [1.807, 2.05) is 30.3 Å². The molecular weight excluding hydrogens is 266 g/mol. The first-order valence-corrected chi connectivity index (χ1v) is 6.25. The van der Waals surface area contributed by atoms with Crippen LogP contribution >= 0.6 is 12.4 Å². The van der Waals surface area contributed by atoms with Crippen molar-refractivity contribution in [1.82, 2.24) is 4.90 Å². The predicted molar refractivity (Wildman–Crippen MR) is 75.6 cm³/mol. The van der Waals surface area contributed by atoms with Crippen molar-refractivity contribution in [3.63, 3.8) is 0 Å². The molecule has 106 valence electrons. The van der Waals surface area contributed by atoms with Crippen molar-refractivity contribution in [1.29, 1.82) is 0 Å². The third kappa shape index (κ3) is 4.49. The summed E-state index contributed by atoms with van der Waals surface area (Å²) in [6, 6.07) is 9.82. The van der Waals surface area contributed by atoms with Gasteiger partial charge in [-0.05, 0) is 12.0 Å². The monoisotopic (exact) mass is 285 g/mol. The summed E-state index contributed by atoms with van der Waals surface area (Å²) in [6.45, 7) is 2.93. The lowest BCUT2D eigenvalue weighted by molar-refractivity contribution is -0.148. The molecule has 1 atom stereocenters. The molecule has 1 saturated heterocycles. The Morgan fingerprint density at radius 2 is 1.95 bits per heavy atom. The fourth-order valence-electron chi connectivity index (χ4n) is 2.22. The minimum Gasteiger partial charge on any atom is -0.468 e. The molecule has 1 aliphatic heterocycles. The Bertz CT molecular complexity index is 380. The lowest BCUT2D eigenvalue weighted by Gasteiger charge is -2.32. The molecule has 1 heterocycles.